The van der Waals surface area contributed by atoms with Gasteiger partial charge in [-0.2, -0.15) is 0 Å². The standard InChI is InChI=1S/C14H13O2P/c1-2-17-15-13-9-5-3-7-11(13)12-8-4-6-10-14(12)16-17/h3-10H,2H2,1H3. The maximum absolute atomic E-state index is 5.93. The highest BCUT2D eigenvalue weighted by Gasteiger charge is 2.03. The van der Waals surface area contributed by atoms with Crippen LogP contribution in [0.4, 0.5) is 0 Å². The molecule has 3 heteroatoms. The summed E-state index contributed by atoms with van der Waals surface area (Å²) in [6.45, 7) is 2.09. The summed E-state index contributed by atoms with van der Waals surface area (Å²) in [5.41, 5.74) is 1.84. The molecule has 0 saturated carbocycles. The lowest BCUT2D eigenvalue weighted by molar-refractivity contribution is 0.636. The Hall–Kier alpha value is -1.66. The molecule has 3 rings (SSSR count). The molecule has 2 nitrogen and oxygen atoms in total. The second kappa shape index (κ2) is 4.31. The summed E-state index contributed by atoms with van der Waals surface area (Å²) < 4.78 is 11.9. The van der Waals surface area contributed by atoms with Gasteiger partial charge >= 0.3 is 0 Å². The van der Waals surface area contributed by atoms with Gasteiger partial charge in [0.1, 0.15) is 11.2 Å². The van der Waals surface area contributed by atoms with Crippen LogP contribution in [-0.2, 0) is 6.16 Å². The topological polar surface area (TPSA) is 26.3 Å². The molecule has 0 aliphatic carbocycles. The third-order valence-electron chi connectivity index (χ3n) is 2.72. The minimum absolute atomic E-state index is 0.869. The lowest BCUT2D eigenvalue weighted by Gasteiger charge is -1.92. The van der Waals surface area contributed by atoms with E-state index in [1.54, 1.807) is 0 Å². The number of para-hydroxylation sites is 2. The van der Waals surface area contributed by atoms with Crippen LogP contribution in [0.5, 0.6) is 0 Å². The van der Waals surface area contributed by atoms with Crippen LogP contribution in [0.1, 0.15) is 6.92 Å². The van der Waals surface area contributed by atoms with Gasteiger partial charge in [0.25, 0.3) is 0 Å². The average Bonchev–Trinajstić information content (AvgIpc) is 2.55. The minimum atomic E-state index is -0.869. The number of hydrogen-bond acceptors (Lipinski definition) is 2. The molecule has 0 aliphatic heterocycles. The Balaban J connectivity index is 2.59. The first kappa shape index (κ1) is 10.5. The van der Waals surface area contributed by atoms with Crippen molar-refractivity contribution >= 4 is 30.0 Å². The molecule has 0 unspecified atom stereocenters. The number of aryl methyl sites for hydroxylation is 1. The first-order valence-electron chi connectivity index (χ1n) is 5.70. The van der Waals surface area contributed by atoms with E-state index < -0.39 is 8.01 Å². The second-order valence-electron chi connectivity index (χ2n) is 3.82. The Labute approximate surface area is 100 Å². The summed E-state index contributed by atoms with van der Waals surface area (Å²) in [5, 5.41) is 2.23. The van der Waals surface area contributed by atoms with Gasteiger partial charge in [0, 0.05) is 16.9 Å². The molecule has 1 heterocycles. The molecule has 3 aromatic rings. The van der Waals surface area contributed by atoms with Crippen LogP contribution in [0.3, 0.4) is 0 Å². The zero-order valence-electron chi connectivity index (χ0n) is 9.59. The van der Waals surface area contributed by atoms with Crippen LogP contribution in [0.15, 0.2) is 56.9 Å². The van der Waals surface area contributed by atoms with Crippen LogP contribution >= 0.6 is 8.01 Å². The molecule has 0 atom stereocenters. The van der Waals surface area contributed by atoms with Gasteiger partial charge in [-0.05, 0) is 12.1 Å². The average molecular weight is 244 g/mol. The molecule has 0 N–H and O–H groups in total. The van der Waals surface area contributed by atoms with E-state index in [1.165, 1.54) is 0 Å². The van der Waals surface area contributed by atoms with Crippen molar-refractivity contribution in [1.82, 2.24) is 0 Å². The van der Waals surface area contributed by atoms with Crippen molar-refractivity contribution in [2.24, 2.45) is 0 Å². The second-order valence-corrected chi connectivity index (χ2v) is 5.49. The van der Waals surface area contributed by atoms with Crippen LogP contribution in [0.25, 0.3) is 21.9 Å². The monoisotopic (exact) mass is 244 g/mol. The quantitative estimate of drug-likeness (QED) is 0.579. The normalized spacial score (nSPS) is 10.9. The van der Waals surface area contributed by atoms with Crippen molar-refractivity contribution in [1.29, 1.82) is 0 Å². The highest BCUT2D eigenvalue weighted by Crippen LogP contribution is 2.35. The fraction of sp³-hybridized carbons (Fsp3) is 0.143. The van der Waals surface area contributed by atoms with E-state index in [0.717, 1.165) is 28.1 Å². The van der Waals surface area contributed by atoms with E-state index in [9.17, 15) is 0 Å². The van der Waals surface area contributed by atoms with Crippen molar-refractivity contribution in [2.45, 2.75) is 13.1 Å². The highest BCUT2D eigenvalue weighted by molar-refractivity contribution is 7.36. The third kappa shape index (κ3) is 1.85. The highest BCUT2D eigenvalue weighted by atomic mass is 31.1. The molecule has 0 bridgehead atoms. The Bertz CT molecular complexity index is 643. The van der Waals surface area contributed by atoms with Crippen LogP contribution in [-0.4, -0.2) is 0 Å². The number of benzene rings is 2. The van der Waals surface area contributed by atoms with Crippen molar-refractivity contribution in [3.05, 3.63) is 48.5 Å². The van der Waals surface area contributed by atoms with Gasteiger partial charge in [-0.15, -0.1) is 0 Å². The van der Waals surface area contributed by atoms with E-state index in [4.69, 9.17) is 8.39 Å². The molecule has 1 aromatic heterocycles. The summed E-state index contributed by atoms with van der Waals surface area (Å²) in [6, 6.07) is 16.2. The summed E-state index contributed by atoms with van der Waals surface area (Å²) in [5.74, 6) is 0. The van der Waals surface area contributed by atoms with Gasteiger partial charge in [0.2, 0.25) is 8.01 Å². The largest absolute Gasteiger partial charge is 0.419 e. The summed E-state index contributed by atoms with van der Waals surface area (Å²) in [4.78, 5) is 0. The van der Waals surface area contributed by atoms with E-state index in [1.807, 2.05) is 36.4 Å². The first-order valence-corrected chi connectivity index (χ1v) is 7.06. The molecule has 2 aromatic carbocycles. The summed E-state index contributed by atoms with van der Waals surface area (Å²) in [7, 11) is -0.869. The molecule has 0 fully saturated rings. The summed E-state index contributed by atoms with van der Waals surface area (Å²) >= 11 is 0. The predicted octanol–water partition coefficient (Wildman–Crippen LogP) is 5.31. The molecule has 0 radical (unpaired) electrons. The number of rotatable bonds is 1. The smallest absolute Gasteiger partial charge is 0.216 e. The molecule has 17 heavy (non-hydrogen) atoms. The van der Waals surface area contributed by atoms with Crippen LogP contribution in [0, 0.1) is 0 Å². The fourth-order valence-corrected chi connectivity index (χ4v) is 2.96. The number of fused-ring (bicyclic) bond motifs is 3. The Morgan fingerprint density at radius 3 is 1.76 bits per heavy atom. The van der Waals surface area contributed by atoms with Crippen LogP contribution in [0.2, 0.25) is 0 Å². The van der Waals surface area contributed by atoms with Gasteiger partial charge in [-0.25, -0.2) is 0 Å². The number of hydrogen-bond donors (Lipinski definition) is 0. The van der Waals surface area contributed by atoms with Crippen LogP contribution < -0.4 is 0 Å². The molecule has 0 spiro atoms. The van der Waals surface area contributed by atoms with Crippen molar-refractivity contribution < 1.29 is 8.39 Å². The SMILES string of the molecule is CCp1oc2ccccc2c2ccccc2o1. The van der Waals surface area contributed by atoms with E-state index in [-0.39, 0.29) is 0 Å². The summed E-state index contributed by atoms with van der Waals surface area (Å²) in [6.07, 6.45) is 0.887. The van der Waals surface area contributed by atoms with Gasteiger partial charge in [0.05, 0.1) is 0 Å². The molecular weight excluding hydrogens is 231 g/mol. The van der Waals surface area contributed by atoms with Gasteiger partial charge in [-0.3, -0.25) is 0 Å². The van der Waals surface area contributed by atoms with Gasteiger partial charge in [-0.1, -0.05) is 43.3 Å². The molecule has 86 valence electrons. The predicted molar refractivity (Wildman–Crippen MR) is 72.0 cm³/mol. The van der Waals surface area contributed by atoms with E-state index in [2.05, 4.69) is 19.1 Å². The van der Waals surface area contributed by atoms with Crippen molar-refractivity contribution in [3.8, 4) is 0 Å². The molecule has 0 saturated heterocycles. The Morgan fingerprint density at radius 1 is 0.824 bits per heavy atom. The third-order valence-corrected chi connectivity index (χ3v) is 4.04. The molecular formula is C14H13O2P. The Kier molecular flexibility index (Phi) is 2.66. The zero-order chi connectivity index (χ0) is 11.7. The first-order chi connectivity index (χ1) is 8.38. The lowest BCUT2D eigenvalue weighted by atomic mass is 10.1. The lowest BCUT2D eigenvalue weighted by Crippen LogP contribution is -1.69. The van der Waals surface area contributed by atoms with Crippen molar-refractivity contribution in [2.75, 3.05) is 0 Å². The van der Waals surface area contributed by atoms with Gasteiger partial charge < -0.3 is 8.39 Å². The maximum atomic E-state index is 5.93. The molecule has 0 amide bonds. The maximum Gasteiger partial charge on any atom is 0.216 e. The minimum Gasteiger partial charge on any atom is -0.419 e. The fourth-order valence-electron chi connectivity index (χ4n) is 1.90. The van der Waals surface area contributed by atoms with Crippen molar-refractivity contribution in [3.63, 3.8) is 0 Å². The van der Waals surface area contributed by atoms with E-state index in [0.29, 0.717) is 0 Å². The zero-order valence-corrected chi connectivity index (χ0v) is 10.5. The Morgan fingerprint density at radius 2 is 1.29 bits per heavy atom. The van der Waals surface area contributed by atoms with Gasteiger partial charge in [0.15, 0.2) is 0 Å². The van der Waals surface area contributed by atoms with E-state index >= 15 is 0 Å². The molecule has 0 aliphatic rings.